The molecule has 1 heterocycles. The summed E-state index contributed by atoms with van der Waals surface area (Å²) < 4.78 is 8.20. The number of carbonyl (C=O) groups is 2. The van der Waals surface area contributed by atoms with E-state index in [4.69, 9.17) is 4.74 Å². The van der Waals surface area contributed by atoms with Gasteiger partial charge in [-0.15, -0.1) is 0 Å². The van der Waals surface area contributed by atoms with Crippen molar-refractivity contribution in [1.29, 1.82) is 0 Å². The Bertz CT molecular complexity index is 1150. The van der Waals surface area contributed by atoms with Gasteiger partial charge in [0.25, 0.3) is 11.6 Å². The Morgan fingerprint density at radius 2 is 2.04 bits per heavy atom. The molecule has 0 aliphatic heterocycles. The number of halogens is 1. The van der Waals surface area contributed by atoms with Gasteiger partial charge in [-0.3, -0.25) is 19.7 Å². The zero-order chi connectivity index (χ0) is 20.3. The van der Waals surface area contributed by atoms with Crippen molar-refractivity contribution in [2.75, 3.05) is 6.61 Å². The fourth-order valence-corrected chi connectivity index (χ4v) is 4.16. The Labute approximate surface area is 171 Å². The second-order valence-electron chi connectivity index (χ2n) is 5.58. The number of hydrogen-bond donors (Lipinski definition) is 0. The van der Waals surface area contributed by atoms with E-state index >= 15 is 0 Å². The molecule has 0 aliphatic carbocycles. The molecule has 0 saturated heterocycles. The second kappa shape index (κ2) is 8.44. The number of benzene rings is 2. The van der Waals surface area contributed by atoms with Crippen LogP contribution in [0, 0.1) is 10.1 Å². The molecule has 0 spiro atoms. The highest BCUT2D eigenvalue weighted by Crippen LogP contribution is 2.23. The molecule has 0 radical (unpaired) electrons. The van der Waals surface area contributed by atoms with Gasteiger partial charge in [-0.05, 0) is 31.2 Å². The third kappa shape index (κ3) is 4.18. The van der Waals surface area contributed by atoms with Gasteiger partial charge in [0.15, 0.2) is 4.80 Å². The predicted molar refractivity (Wildman–Crippen MR) is 107 cm³/mol. The molecule has 3 rings (SSSR count). The third-order valence-corrected chi connectivity index (χ3v) is 5.30. The first kappa shape index (κ1) is 19.9. The van der Waals surface area contributed by atoms with E-state index < -0.39 is 16.8 Å². The zero-order valence-electron chi connectivity index (χ0n) is 14.6. The highest BCUT2D eigenvalue weighted by Gasteiger charge is 2.20. The number of amides is 1. The summed E-state index contributed by atoms with van der Waals surface area (Å²) in [5.41, 5.74) is 0.265. The van der Waals surface area contributed by atoms with E-state index in [1.54, 1.807) is 17.6 Å². The maximum absolute atomic E-state index is 12.6. The Morgan fingerprint density at radius 1 is 1.29 bits per heavy atom. The monoisotopic (exact) mass is 463 g/mol. The largest absolute Gasteiger partial charge is 0.465 e. The summed E-state index contributed by atoms with van der Waals surface area (Å²) in [4.78, 5) is 39.5. The molecule has 0 saturated carbocycles. The van der Waals surface area contributed by atoms with E-state index in [2.05, 4.69) is 20.9 Å². The number of rotatable bonds is 5. The Morgan fingerprint density at radius 3 is 2.75 bits per heavy atom. The van der Waals surface area contributed by atoms with Crippen LogP contribution in [0.5, 0.6) is 0 Å². The number of hydrogen-bond acceptors (Lipinski definition) is 6. The number of esters is 1. The summed E-state index contributed by atoms with van der Waals surface area (Å²) in [6.07, 6.45) is 0. The number of fused-ring (bicyclic) bond motifs is 1. The maximum Gasteiger partial charge on any atom is 0.326 e. The summed E-state index contributed by atoms with van der Waals surface area (Å²) in [5, 5.41) is 11.2. The Balaban J connectivity index is 2.15. The molecule has 10 heteroatoms. The molecule has 0 N–H and O–H groups in total. The van der Waals surface area contributed by atoms with Gasteiger partial charge >= 0.3 is 5.97 Å². The highest BCUT2D eigenvalue weighted by molar-refractivity contribution is 9.10. The zero-order valence-corrected chi connectivity index (χ0v) is 17.0. The average molecular weight is 464 g/mol. The number of thiazole rings is 1. The van der Waals surface area contributed by atoms with Gasteiger partial charge in [0.2, 0.25) is 0 Å². The third-order valence-electron chi connectivity index (χ3n) is 3.77. The van der Waals surface area contributed by atoms with Crippen molar-refractivity contribution in [3.63, 3.8) is 0 Å². The fourth-order valence-electron chi connectivity index (χ4n) is 2.58. The summed E-state index contributed by atoms with van der Waals surface area (Å²) in [7, 11) is 0. The lowest BCUT2D eigenvalue weighted by Gasteiger charge is -2.05. The normalized spacial score (nSPS) is 11.6. The van der Waals surface area contributed by atoms with Gasteiger partial charge in [-0.2, -0.15) is 4.99 Å². The van der Waals surface area contributed by atoms with Crippen LogP contribution in [0.25, 0.3) is 10.2 Å². The molecule has 1 amide bonds. The highest BCUT2D eigenvalue weighted by atomic mass is 79.9. The van der Waals surface area contributed by atoms with E-state index in [1.165, 1.54) is 35.6 Å². The van der Waals surface area contributed by atoms with Gasteiger partial charge in [0.05, 0.1) is 21.7 Å². The molecular weight excluding hydrogens is 450 g/mol. The molecule has 0 aliphatic rings. The molecule has 2 aromatic carbocycles. The van der Waals surface area contributed by atoms with E-state index in [1.807, 2.05) is 12.1 Å². The van der Waals surface area contributed by atoms with Crippen LogP contribution in [-0.2, 0) is 16.1 Å². The number of aromatic nitrogens is 1. The van der Waals surface area contributed by atoms with E-state index in [0.29, 0.717) is 5.52 Å². The van der Waals surface area contributed by atoms with Gasteiger partial charge in [-0.25, -0.2) is 0 Å². The molecule has 8 nitrogen and oxygen atoms in total. The molecule has 0 bridgehead atoms. The standard InChI is InChI=1S/C18H14BrN3O5S/c1-2-27-16(23)10-21-14-8-7-11(19)9-15(14)28-18(21)20-17(24)12-5-3-4-6-13(12)22(25)26/h3-9H,2,10H2,1H3. The van der Waals surface area contributed by atoms with Gasteiger partial charge in [-0.1, -0.05) is 39.4 Å². The van der Waals surface area contributed by atoms with Crippen molar-refractivity contribution >= 4 is 55.0 Å². The molecule has 0 unspecified atom stereocenters. The van der Waals surface area contributed by atoms with Crippen LogP contribution in [0.15, 0.2) is 51.9 Å². The van der Waals surface area contributed by atoms with Crippen molar-refractivity contribution in [3.05, 3.63) is 67.4 Å². The quantitative estimate of drug-likeness (QED) is 0.326. The first-order chi connectivity index (χ1) is 13.4. The lowest BCUT2D eigenvalue weighted by Crippen LogP contribution is -2.23. The van der Waals surface area contributed by atoms with E-state index in [0.717, 1.165) is 9.17 Å². The van der Waals surface area contributed by atoms with Crippen LogP contribution < -0.4 is 4.80 Å². The molecular formula is C18H14BrN3O5S. The number of nitrogens with zero attached hydrogens (tertiary/aromatic N) is 3. The minimum absolute atomic E-state index is 0.117. The summed E-state index contributed by atoms with van der Waals surface area (Å²) in [6, 6.07) is 11.1. The number of nitro benzene ring substituents is 1. The average Bonchev–Trinajstić information content (AvgIpc) is 2.97. The van der Waals surface area contributed by atoms with Crippen LogP contribution >= 0.6 is 27.3 Å². The summed E-state index contributed by atoms with van der Waals surface area (Å²) in [5.74, 6) is -1.22. The minimum Gasteiger partial charge on any atom is -0.465 e. The van der Waals surface area contributed by atoms with Crippen LogP contribution in [0.3, 0.4) is 0 Å². The Hall–Kier alpha value is -2.85. The smallest absolute Gasteiger partial charge is 0.326 e. The predicted octanol–water partition coefficient (Wildman–Crippen LogP) is 3.68. The first-order valence-electron chi connectivity index (χ1n) is 8.17. The Kier molecular flexibility index (Phi) is 6.00. The number of para-hydroxylation sites is 1. The molecule has 1 aromatic heterocycles. The number of ether oxygens (including phenoxy) is 1. The summed E-state index contributed by atoms with van der Waals surface area (Å²) >= 11 is 4.59. The van der Waals surface area contributed by atoms with Crippen LogP contribution in [-0.4, -0.2) is 28.0 Å². The van der Waals surface area contributed by atoms with Gasteiger partial charge in [0.1, 0.15) is 12.1 Å². The second-order valence-corrected chi connectivity index (χ2v) is 7.50. The van der Waals surface area contributed by atoms with Crippen molar-refractivity contribution in [1.82, 2.24) is 4.57 Å². The molecule has 0 atom stereocenters. The fraction of sp³-hybridized carbons (Fsp3) is 0.167. The topological polar surface area (TPSA) is 104 Å². The van der Waals surface area contributed by atoms with Crippen LogP contribution in [0.4, 0.5) is 5.69 Å². The van der Waals surface area contributed by atoms with Crippen LogP contribution in [0.1, 0.15) is 17.3 Å². The van der Waals surface area contributed by atoms with Gasteiger partial charge in [0, 0.05) is 10.5 Å². The maximum atomic E-state index is 12.6. The summed E-state index contributed by atoms with van der Waals surface area (Å²) in [6.45, 7) is 1.81. The van der Waals surface area contributed by atoms with Crippen molar-refractivity contribution in [2.24, 2.45) is 4.99 Å². The lowest BCUT2D eigenvalue weighted by molar-refractivity contribution is -0.385. The lowest BCUT2D eigenvalue weighted by atomic mass is 10.2. The van der Waals surface area contributed by atoms with Crippen molar-refractivity contribution < 1.29 is 19.2 Å². The van der Waals surface area contributed by atoms with Crippen molar-refractivity contribution in [2.45, 2.75) is 13.5 Å². The number of nitro groups is 1. The molecule has 144 valence electrons. The minimum atomic E-state index is -0.754. The van der Waals surface area contributed by atoms with E-state index in [-0.39, 0.29) is 29.2 Å². The molecule has 0 fully saturated rings. The number of carbonyl (C=O) groups excluding carboxylic acids is 2. The van der Waals surface area contributed by atoms with Crippen molar-refractivity contribution in [3.8, 4) is 0 Å². The van der Waals surface area contributed by atoms with E-state index in [9.17, 15) is 19.7 Å². The van der Waals surface area contributed by atoms with Gasteiger partial charge < -0.3 is 9.30 Å². The molecule has 3 aromatic rings. The SMILES string of the molecule is CCOC(=O)Cn1c(=NC(=O)c2ccccc2[N+](=O)[O-])sc2cc(Br)ccc21. The molecule has 28 heavy (non-hydrogen) atoms. The first-order valence-corrected chi connectivity index (χ1v) is 9.78. The van der Waals surface area contributed by atoms with Crippen LogP contribution in [0.2, 0.25) is 0 Å².